The number of hydrogen-bond donors (Lipinski definition) is 1. The summed E-state index contributed by atoms with van der Waals surface area (Å²) in [5.74, 6) is -0.760. The molecule has 1 N–H and O–H groups in total. The van der Waals surface area contributed by atoms with Crippen molar-refractivity contribution in [2.24, 2.45) is 0 Å². The van der Waals surface area contributed by atoms with Crippen molar-refractivity contribution < 1.29 is 18.0 Å². The van der Waals surface area contributed by atoms with Crippen LogP contribution in [0.1, 0.15) is 50.3 Å². The maximum absolute atomic E-state index is 14.1. The van der Waals surface area contributed by atoms with E-state index in [1.807, 2.05) is 46.8 Å². The minimum absolute atomic E-state index is 0.0702. The van der Waals surface area contributed by atoms with Crippen molar-refractivity contribution in [2.45, 2.75) is 71.0 Å². The smallest absolute Gasteiger partial charge is 0.264 e. The highest BCUT2D eigenvalue weighted by molar-refractivity contribution is 7.92. The van der Waals surface area contributed by atoms with Crippen LogP contribution in [0.2, 0.25) is 5.02 Å². The predicted molar refractivity (Wildman–Crippen MR) is 161 cm³/mol. The van der Waals surface area contributed by atoms with Crippen LogP contribution in [0.25, 0.3) is 0 Å². The summed E-state index contributed by atoms with van der Waals surface area (Å²) in [6, 6.07) is 19.6. The molecule has 0 unspecified atom stereocenters. The van der Waals surface area contributed by atoms with Crippen molar-refractivity contribution in [3.8, 4) is 0 Å². The number of nitrogens with zero attached hydrogens (tertiary/aromatic N) is 2. The number of carbonyl (C=O) groups is 2. The van der Waals surface area contributed by atoms with E-state index >= 15 is 0 Å². The van der Waals surface area contributed by atoms with Crippen molar-refractivity contribution in [1.82, 2.24) is 10.2 Å². The molecule has 0 aromatic heterocycles. The largest absolute Gasteiger partial charge is 0.352 e. The van der Waals surface area contributed by atoms with Gasteiger partial charge in [-0.1, -0.05) is 73.5 Å². The number of benzene rings is 3. The first-order chi connectivity index (χ1) is 19.0. The zero-order valence-corrected chi connectivity index (χ0v) is 25.3. The lowest BCUT2D eigenvalue weighted by molar-refractivity contribution is -0.140. The second kappa shape index (κ2) is 13.8. The lowest BCUT2D eigenvalue weighted by Crippen LogP contribution is -2.53. The Hall–Kier alpha value is -3.36. The molecule has 3 aromatic rings. The fraction of sp³-hybridized carbons (Fsp3) is 0.355. The lowest BCUT2D eigenvalue weighted by atomic mass is 10.1. The Labute approximate surface area is 243 Å². The van der Waals surface area contributed by atoms with E-state index in [0.717, 1.165) is 27.4 Å². The molecule has 0 heterocycles. The highest BCUT2D eigenvalue weighted by atomic mass is 35.5. The van der Waals surface area contributed by atoms with Gasteiger partial charge in [0.15, 0.2) is 0 Å². The number of halogens is 1. The van der Waals surface area contributed by atoms with Gasteiger partial charge in [-0.2, -0.15) is 0 Å². The average molecular weight is 584 g/mol. The maximum atomic E-state index is 14.1. The van der Waals surface area contributed by atoms with Crippen LogP contribution < -0.4 is 9.62 Å². The van der Waals surface area contributed by atoms with E-state index in [2.05, 4.69) is 5.32 Å². The minimum Gasteiger partial charge on any atom is -0.352 e. The topological polar surface area (TPSA) is 86.8 Å². The Morgan fingerprint density at radius 3 is 2.15 bits per heavy atom. The summed E-state index contributed by atoms with van der Waals surface area (Å²) >= 11 is 6.08. The molecule has 0 spiro atoms. The summed E-state index contributed by atoms with van der Waals surface area (Å²) in [5.41, 5.74) is 2.88. The van der Waals surface area contributed by atoms with Gasteiger partial charge in [-0.25, -0.2) is 8.42 Å². The van der Waals surface area contributed by atoms with E-state index in [-0.39, 0.29) is 23.4 Å². The summed E-state index contributed by atoms with van der Waals surface area (Å²) in [4.78, 5) is 29.0. The number of nitrogens with one attached hydrogen (secondary N) is 1. The van der Waals surface area contributed by atoms with E-state index in [0.29, 0.717) is 17.1 Å². The predicted octanol–water partition coefficient (Wildman–Crippen LogP) is 5.87. The molecule has 0 aliphatic carbocycles. The third kappa shape index (κ3) is 7.64. The summed E-state index contributed by atoms with van der Waals surface area (Å²) in [6.07, 6.45) is 1.10. The summed E-state index contributed by atoms with van der Waals surface area (Å²) in [6.45, 7) is 9.11. The normalized spacial score (nSPS) is 12.8. The molecular formula is C31H38ClN3O4S. The summed E-state index contributed by atoms with van der Waals surface area (Å²) in [5, 5.41) is 3.54. The van der Waals surface area contributed by atoms with Gasteiger partial charge in [0.05, 0.1) is 10.6 Å². The van der Waals surface area contributed by atoms with E-state index in [1.54, 1.807) is 48.5 Å². The monoisotopic (exact) mass is 583 g/mol. The summed E-state index contributed by atoms with van der Waals surface area (Å²) < 4.78 is 29.0. The van der Waals surface area contributed by atoms with Gasteiger partial charge in [0.25, 0.3) is 10.0 Å². The standard InChI is InChI=1S/C31H38ClN3O4S/c1-6-24(5)33-31(37)28(7-2)34(20-25-14-16-26(32)17-15-25)30(36)21-35(29-18-13-22(3)19-23(29)4)40(38,39)27-11-9-8-10-12-27/h8-19,24,28H,6-7,20-21H2,1-5H3,(H,33,37)/t24-,28-/m1/s1. The lowest BCUT2D eigenvalue weighted by Gasteiger charge is -2.34. The highest BCUT2D eigenvalue weighted by Gasteiger charge is 2.34. The van der Waals surface area contributed by atoms with Gasteiger partial charge in [0, 0.05) is 17.6 Å². The first-order valence-electron chi connectivity index (χ1n) is 13.5. The SMILES string of the molecule is CC[C@@H](C)NC(=O)[C@@H](CC)N(Cc1ccc(Cl)cc1)C(=O)CN(c1ccc(C)cc1C)S(=O)(=O)c1ccccc1. The molecule has 0 aliphatic rings. The van der Waals surface area contributed by atoms with E-state index < -0.39 is 28.5 Å². The fourth-order valence-electron chi connectivity index (χ4n) is 4.47. The molecule has 3 rings (SSSR count). The number of carbonyl (C=O) groups excluding carboxylic acids is 2. The third-order valence-corrected chi connectivity index (χ3v) is 8.91. The van der Waals surface area contributed by atoms with Crippen LogP contribution >= 0.6 is 11.6 Å². The number of anilines is 1. The molecule has 0 radical (unpaired) electrons. The van der Waals surface area contributed by atoms with Gasteiger partial charge in [-0.15, -0.1) is 0 Å². The van der Waals surface area contributed by atoms with Crippen molar-refractivity contribution in [2.75, 3.05) is 10.8 Å². The Balaban J connectivity index is 2.07. The Kier molecular flexibility index (Phi) is 10.8. The quantitative estimate of drug-likeness (QED) is 0.289. The molecule has 0 aliphatic heterocycles. The molecular weight excluding hydrogens is 546 g/mol. The van der Waals surface area contributed by atoms with E-state index in [4.69, 9.17) is 11.6 Å². The molecule has 0 saturated heterocycles. The number of sulfonamides is 1. The van der Waals surface area contributed by atoms with E-state index in [9.17, 15) is 18.0 Å². The Bertz CT molecular complexity index is 1410. The van der Waals surface area contributed by atoms with Crippen LogP contribution in [0.5, 0.6) is 0 Å². The van der Waals surface area contributed by atoms with Gasteiger partial charge in [0.2, 0.25) is 11.8 Å². The van der Waals surface area contributed by atoms with Crippen molar-refractivity contribution in [3.63, 3.8) is 0 Å². The number of aryl methyl sites for hydroxylation is 2. The first kappa shape index (κ1) is 31.2. The molecule has 2 amide bonds. The summed E-state index contributed by atoms with van der Waals surface area (Å²) in [7, 11) is -4.10. The van der Waals surface area contributed by atoms with Crippen LogP contribution in [0.15, 0.2) is 77.7 Å². The van der Waals surface area contributed by atoms with Crippen LogP contribution in [0, 0.1) is 13.8 Å². The molecule has 40 heavy (non-hydrogen) atoms. The number of hydrogen-bond acceptors (Lipinski definition) is 4. The molecule has 0 fully saturated rings. The molecule has 9 heteroatoms. The van der Waals surface area contributed by atoms with Gasteiger partial charge < -0.3 is 10.2 Å². The maximum Gasteiger partial charge on any atom is 0.264 e. The second-order valence-electron chi connectivity index (χ2n) is 10.0. The van der Waals surface area contributed by atoms with E-state index in [1.165, 1.54) is 17.0 Å². The zero-order valence-electron chi connectivity index (χ0n) is 23.7. The van der Waals surface area contributed by atoms with Crippen molar-refractivity contribution >= 4 is 39.1 Å². The number of rotatable bonds is 12. The second-order valence-corrected chi connectivity index (χ2v) is 12.3. The highest BCUT2D eigenvalue weighted by Crippen LogP contribution is 2.28. The van der Waals surface area contributed by atoms with Gasteiger partial charge >= 0.3 is 0 Å². The fourth-order valence-corrected chi connectivity index (χ4v) is 6.09. The van der Waals surface area contributed by atoms with Gasteiger partial charge in [-0.05, 0) is 75.1 Å². The van der Waals surface area contributed by atoms with Crippen LogP contribution in [-0.4, -0.2) is 43.8 Å². The molecule has 0 saturated carbocycles. The first-order valence-corrected chi connectivity index (χ1v) is 15.3. The van der Waals surface area contributed by atoms with Crippen LogP contribution in [0.3, 0.4) is 0 Å². The van der Waals surface area contributed by atoms with Gasteiger partial charge in [-0.3, -0.25) is 13.9 Å². The Morgan fingerprint density at radius 1 is 0.925 bits per heavy atom. The third-order valence-electron chi connectivity index (χ3n) is 6.88. The molecule has 2 atom stereocenters. The zero-order chi connectivity index (χ0) is 29.4. The van der Waals surface area contributed by atoms with Gasteiger partial charge in [0.1, 0.15) is 12.6 Å². The molecule has 7 nitrogen and oxygen atoms in total. The van der Waals surface area contributed by atoms with Crippen molar-refractivity contribution in [1.29, 1.82) is 0 Å². The average Bonchev–Trinajstić information content (AvgIpc) is 2.93. The molecule has 3 aromatic carbocycles. The Morgan fingerprint density at radius 2 is 1.57 bits per heavy atom. The minimum atomic E-state index is -4.10. The van der Waals surface area contributed by atoms with Crippen molar-refractivity contribution in [3.05, 3.63) is 94.5 Å². The van der Waals surface area contributed by atoms with Crippen LogP contribution in [0.4, 0.5) is 5.69 Å². The number of amides is 2. The molecule has 214 valence electrons. The molecule has 0 bridgehead atoms. The van der Waals surface area contributed by atoms with Crippen LogP contribution in [-0.2, 0) is 26.2 Å².